The summed E-state index contributed by atoms with van der Waals surface area (Å²) in [4.78, 5) is 5.31. The second kappa shape index (κ2) is 5.81. The van der Waals surface area contributed by atoms with Crippen LogP contribution in [0.4, 0.5) is 0 Å². The SMILES string of the molecule is COc1ccccc1OCc1nc(C)c(C(C)(C)O)s1. The van der Waals surface area contributed by atoms with Crippen LogP contribution < -0.4 is 9.47 Å². The van der Waals surface area contributed by atoms with Crippen LogP contribution in [0.15, 0.2) is 24.3 Å². The van der Waals surface area contributed by atoms with Gasteiger partial charge in [-0.3, -0.25) is 0 Å². The summed E-state index contributed by atoms with van der Waals surface area (Å²) in [5.41, 5.74) is -0.0223. The first kappa shape index (κ1) is 14.8. The van der Waals surface area contributed by atoms with Crippen LogP contribution in [0.2, 0.25) is 0 Å². The van der Waals surface area contributed by atoms with E-state index in [2.05, 4.69) is 4.98 Å². The summed E-state index contributed by atoms with van der Waals surface area (Å²) in [5, 5.41) is 10.9. The van der Waals surface area contributed by atoms with E-state index in [0.717, 1.165) is 15.6 Å². The average Bonchev–Trinajstić information content (AvgIpc) is 2.78. The highest BCUT2D eigenvalue weighted by atomic mass is 32.1. The molecule has 0 aliphatic carbocycles. The molecule has 0 aliphatic rings. The molecular weight excluding hydrogens is 274 g/mol. The molecule has 0 amide bonds. The molecule has 0 fully saturated rings. The Morgan fingerprint density at radius 1 is 1.25 bits per heavy atom. The number of thiazole rings is 1. The molecule has 0 radical (unpaired) electrons. The Labute approximate surface area is 123 Å². The minimum Gasteiger partial charge on any atom is -0.493 e. The van der Waals surface area contributed by atoms with Gasteiger partial charge in [0.25, 0.3) is 0 Å². The third kappa shape index (κ3) is 3.29. The summed E-state index contributed by atoms with van der Waals surface area (Å²) in [6.07, 6.45) is 0. The minimum atomic E-state index is -0.871. The van der Waals surface area contributed by atoms with E-state index in [1.54, 1.807) is 21.0 Å². The Hall–Kier alpha value is -1.59. The van der Waals surface area contributed by atoms with Crippen LogP contribution in [0.1, 0.15) is 29.4 Å². The van der Waals surface area contributed by atoms with Crippen molar-refractivity contribution in [2.45, 2.75) is 33.0 Å². The molecule has 108 valence electrons. The fourth-order valence-corrected chi connectivity index (χ4v) is 2.94. The number of methoxy groups -OCH3 is 1. The van der Waals surface area contributed by atoms with Gasteiger partial charge in [-0.05, 0) is 32.9 Å². The third-order valence-corrected chi connectivity index (χ3v) is 4.26. The average molecular weight is 293 g/mol. The van der Waals surface area contributed by atoms with E-state index in [1.165, 1.54) is 11.3 Å². The largest absolute Gasteiger partial charge is 0.493 e. The number of benzene rings is 1. The summed E-state index contributed by atoms with van der Waals surface area (Å²) < 4.78 is 11.0. The summed E-state index contributed by atoms with van der Waals surface area (Å²) in [5.74, 6) is 1.39. The van der Waals surface area contributed by atoms with Crippen molar-refractivity contribution in [1.29, 1.82) is 0 Å². The predicted octanol–water partition coefficient (Wildman–Crippen LogP) is 3.27. The van der Waals surface area contributed by atoms with Crippen molar-refractivity contribution in [1.82, 2.24) is 4.98 Å². The highest BCUT2D eigenvalue weighted by molar-refractivity contribution is 7.11. The maximum atomic E-state index is 10.1. The van der Waals surface area contributed by atoms with Gasteiger partial charge >= 0.3 is 0 Å². The molecule has 0 spiro atoms. The quantitative estimate of drug-likeness (QED) is 0.919. The Bertz CT molecular complexity index is 587. The van der Waals surface area contributed by atoms with E-state index in [-0.39, 0.29) is 0 Å². The van der Waals surface area contributed by atoms with Crippen molar-refractivity contribution >= 4 is 11.3 Å². The first-order valence-electron chi connectivity index (χ1n) is 6.37. The van der Waals surface area contributed by atoms with E-state index in [9.17, 15) is 5.11 Å². The molecule has 0 aliphatic heterocycles. The normalized spacial score (nSPS) is 11.4. The van der Waals surface area contributed by atoms with Crippen LogP contribution in [0.3, 0.4) is 0 Å². The zero-order valence-electron chi connectivity index (χ0n) is 12.1. The van der Waals surface area contributed by atoms with Gasteiger partial charge in [-0.2, -0.15) is 0 Å². The summed E-state index contributed by atoms with van der Waals surface area (Å²) >= 11 is 1.47. The van der Waals surface area contributed by atoms with E-state index in [0.29, 0.717) is 18.1 Å². The number of hydrogen-bond acceptors (Lipinski definition) is 5. The van der Waals surface area contributed by atoms with Gasteiger partial charge in [-0.15, -0.1) is 11.3 Å². The molecule has 20 heavy (non-hydrogen) atoms. The molecule has 5 heteroatoms. The van der Waals surface area contributed by atoms with E-state index >= 15 is 0 Å². The standard InChI is InChI=1S/C15H19NO3S/c1-10-14(15(2,3)17)20-13(16-10)9-19-12-8-6-5-7-11(12)18-4/h5-8,17H,9H2,1-4H3. The maximum Gasteiger partial charge on any atom is 0.161 e. The molecule has 2 rings (SSSR count). The highest BCUT2D eigenvalue weighted by Gasteiger charge is 2.23. The Morgan fingerprint density at radius 2 is 1.90 bits per heavy atom. The van der Waals surface area contributed by atoms with Crippen molar-refractivity contribution in [2.75, 3.05) is 7.11 Å². The lowest BCUT2D eigenvalue weighted by molar-refractivity contribution is 0.0817. The monoisotopic (exact) mass is 293 g/mol. The minimum absolute atomic E-state index is 0.363. The predicted molar refractivity (Wildman–Crippen MR) is 79.4 cm³/mol. The molecule has 2 aromatic rings. The number of aromatic nitrogens is 1. The second-order valence-corrected chi connectivity index (χ2v) is 6.10. The third-order valence-electron chi connectivity index (χ3n) is 2.82. The Morgan fingerprint density at radius 3 is 2.45 bits per heavy atom. The maximum absolute atomic E-state index is 10.1. The molecule has 1 aromatic carbocycles. The molecular formula is C15H19NO3S. The van der Waals surface area contributed by atoms with Crippen molar-refractivity contribution in [3.05, 3.63) is 39.8 Å². The number of nitrogens with zero attached hydrogens (tertiary/aromatic N) is 1. The van der Waals surface area contributed by atoms with E-state index < -0.39 is 5.60 Å². The zero-order valence-corrected chi connectivity index (χ0v) is 13.0. The fourth-order valence-electron chi connectivity index (χ4n) is 1.96. The molecule has 1 N–H and O–H groups in total. The number of ether oxygens (including phenoxy) is 2. The van der Waals surface area contributed by atoms with Crippen LogP contribution >= 0.6 is 11.3 Å². The van der Waals surface area contributed by atoms with Crippen LogP contribution in [-0.2, 0) is 12.2 Å². The summed E-state index contributed by atoms with van der Waals surface area (Å²) in [6, 6.07) is 7.50. The molecule has 1 heterocycles. The van der Waals surface area contributed by atoms with Gasteiger partial charge in [0, 0.05) is 0 Å². The van der Waals surface area contributed by atoms with Gasteiger partial charge in [0.05, 0.1) is 23.3 Å². The zero-order chi connectivity index (χ0) is 14.8. The second-order valence-electron chi connectivity index (χ2n) is 5.02. The van der Waals surface area contributed by atoms with Gasteiger partial charge < -0.3 is 14.6 Å². The summed E-state index contributed by atoms with van der Waals surface area (Å²) in [7, 11) is 1.61. The molecule has 0 atom stereocenters. The fraction of sp³-hybridized carbons (Fsp3) is 0.400. The van der Waals surface area contributed by atoms with Crippen LogP contribution in [0, 0.1) is 6.92 Å². The van der Waals surface area contributed by atoms with Crippen LogP contribution in [-0.4, -0.2) is 17.2 Å². The lowest BCUT2D eigenvalue weighted by Crippen LogP contribution is -2.14. The Kier molecular flexibility index (Phi) is 4.30. The molecule has 1 aromatic heterocycles. The van der Waals surface area contributed by atoms with Crippen molar-refractivity contribution in [3.63, 3.8) is 0 Å². The lowest BCUT2D eigenvalue weighted by Gasteiger charge is -2.15. The smallest absolute Gasteiger partial charge is 0.161 e. The number of aryl methyl sites for hydroxylation is 1. The van der Waals surface area contributed by atoms with Crippen LogP contribution in [0.25, 0.3) is 0 Å². The molecule has 4 nitrogen and oxygen atoms in total. The summed E-state index contributed by atoms with van der Waals surface area (Å²) in [6.45, 7) is 5.79. The number of para-hydroxylation sites is 2. The van der Waals surface area contributed by atoms with Crippen molar-refractivity contribution in [3.8, 4) is 11.5 Å². The molecule has 0 bridgehead atoms. The van der Waals surface area contributed by atoms with Gasteiger partial charge in [-0.25, -0.2) is 4.98 Å². The van der Waals surface area contributed by atoms with Gasteiger partial charge in [0.1, 0.15) is 11.6 Å². The van der Waals surface area contributed by atoms with Crippen molar-refractivity contribution < 1.29 is 14.6 Å². The van der Waals surface area contributed by atoms with E-state index in [4.69, 9.17) is 9.47 Å². The van der Waals surface area contributed by atoms with Gasteiger partial charge in [0.15, 0.2) is 11.5 Å². The van der Waals surface area contributed by atoms with E-state index in [1.807, 2.05) is 31.2 Å². The molecule has 0 unspecified atom stereocenters. The van der Waals surface area contributed by atoms with Crippen molar-refractivity contribution in [2.24, 2.45) is 0 Å². The number of aliphatic hydroxyl groups is 1. The topological polar surface area (TPSA) is 51.6 Å². The van der Waals surface area contributed by atoms with Crippen LogP contribution in [0.5, 0.6) is 11.5 Å². The molecule has 0 saturated carbocycles. The highest BCUT2D eigenvalue weighted by Crippen LogP contribution is 2.31. The van der Waals surface area contributed by atoms with Gasteiger partial charge in [0.2, 0.25) is 0 Å². The lowest BCUT2D eigenvalue weighted by atomic mass is 10.1. The van der Waals surface area contributed by atoms with Gasteiger partial charge in [-0.1, -0.05) is 12.1 Å². The Balaban J connectivity index is 2.12. The first-order valence-corrected chi connectivity index (χ1v) is 7.18. The number of rotatable bonds is 5. The number of hydrogen-bond donors (Lipinski definition) is 1. The first-order chi connectivity index (χ1) is 9.41. The molecule has 0 saturated heterocycles.